The van der Waals surface area contributed by atoms with E-state index < -0.39 is 0 Å². The van der Waals surface area contributed by atoms with Crippen molar-refractivity contribution >= 4 is 5.82 Å². The van der Waals surface area contributed by atoms with Gasteiger partial charge >= 0.3 is 0 Å². The lowest BCUT2D eigenvalue weighted by molar-refractivity contribution is 0.801. The summed E-state index contributed by atoms with van der Waals surface area (Å²) < 4.78 is 0. The fourth-order valence-corrected chi connectivity index (χ4v) is 2.04. The molecule has 0 amide bonds. The van der Waals surface area contributed by atoms with Gasteiger partial charge in [-0.1, -0.05) is 27.2 Å². The summed E-state index contributed by atoms with van der Waals surface area (Å²) in [4.78, 5) is 4.32. The Hall–Kier alpha value is -1.05. The van der Waals surface area contributed by atoms with Crippen LogP contribution in [0.5, 0.6) is 0 Å². The average Bonchev–Trinajstić information content (AvgIpc) is 2.01. The molecule has 0 spiro atoms. The minimum Gasteiger partial charge on any atom is -0.384 e. The van der Waals surface area contributed by atoms with Crippen LogP contribution in [-0.4, -0.2) is 4.98 Å². The highest BCUT2D eigenvalue weighted by Crippen LogP contribution is 2.24. The predicted molar refractivity (Wildman–Crippen MR) is 61.5 cm³/mol. The minimum absolute atomic E-state index is 0.532. The molecule has 0 aromatic carbocycles. The van der Waals surface area contributed by atoms with Crippen LogP contribution in [0.4, 0.5) is 5.82 Å². The average molecular weight is 192 g/mol. The first-order chi connectivity index (χ1) is 6.56. The largest absolute Gasteiger partial charge is 0.384 e. The molecular weight excluding hydrogens is 172 g/mol. The summed E-state index contributed by atoms with van der Waals surface area (Å²) in [5, 5.41) is 0. The molecule has 2 nitrogen and oxygen atoms in total. The fourth-order valence-electron chi connectivity index (χ4n) is 2.04. The number of nitrogens with zero attached hydrogens (tertiary/aromatic N) is 1. The van der Waals surface area contributed by atoms with Gasteiger partial charge in [-0.25, -0.2) is 4.98 Å². The molecule has 0 fully saturated rings. The normalized spacial score (nSPS) is 10.9. The third-order valence-corrected chi connectivity index (χ3v) is 2.45. The van der Waals surface area contributed by atoms with Crippen molar-refractivity contribution in [1.29, 1.82) is 0 Å². The van der Waals surface area contributed by atoms with Crippen LogP contribution in [-0.2, 0) is 6.42 Å². The lowest BCUT2D eigenvalue weighted by atomic mass is 9.93. The molecule has 1 rings (SSSR count). The number of nitrogens with two attached hydrogens (primary N) is 1. The molecule has 0 atom stereocenters. The van der Waals surface area contributed by atoms with Gasteiger partial charge in [-0.2, -0.15) is 0 Å². The molecule has 1 aromatic heterocycles. The first-order valence-corrected chi connectivity index (χ1v) is 5.32. The summed E-state index contributed by atoms with van der Waals surface area (Å²) in [6.07, 6.45) is 2.25. The topological polar surface area (TPSA) is 38.9 Å². The van der Waals surface area contributed by atoms with Gasteiger partial charge in [0.1, 0.15) is 5.82 Å². The number of aryl methyl sites for hydroxylation is 2. The van der Waals surface area contributed by atoms with Crippen LogP contribution < -0.4 is 5.73 Å². The Kier molecular flexibility index (Phi) is 3.50. The fraction of sp³-hybridized carbons (Fsp3) is 0.583. The molecular formula is C12H20N2. The van der Waals surface area contributed by atoms with Crippen molar-refractivity contribution in [2.45, 2.75) is 46.5 Å². The van der Waals surface area contributed by atoms with Gasteiger partial charge in [-0.3, -0.25) is 0 Å². The Morgan fingerprint density at radius 1 is 1.43 bits per heavy atom. The Morgan fingerprint density at radius 2 is 2.07 bits per heavy atom. The number of hydrogen-bond donors (Lipinski definition) is 1. The van der Waals surface area contributed by atoms with E-state index in [0.29, 0.717) is 11.7 Å². The van der Waals surface area contributed by atoms with Crippen molar-refractivity contribution in [3.05, 3.63) is 22.9 Å². The molecule has 0 aliphatic rings. The second-order valence-electron chi connectivity index (χ2n) is 4.11. The molecule has 0 bridgehead atoms. The van der Waals surface area contributed by atoms with E-state index in [1.54, 1.807) is 0 Å². The van der Waals surface area contributed by atoms with E-state index in [9.17, 15) is 0 Å². The van der Waals surface area contributed by atoms with Crippen molar-refractivity contribution in [1.82, 2.24) is 4.98 Å². The van der Waals surface area contributed by atoms with Gasteiger partial charge in [0.15, 0.2) is 0 Å². The van der Waals surface area contributed by atoms with Gasteiger partial charge in [-0.15, -0.1) is 0 Å². The molecule has 1 heterocycles. The lowest BCUT2D eigenvalue weighted by Crippen LogP contribution is -2.04. The van der Waals surface area contributed by atoms with E-state index in [4.69, 9.17) is 5.73 Å². The van der Waals surface area contributed by atoms with Crippen LogP contribution in [0.15, 0.2) is 6.07 Å². The zero-order valence-electron chi connectivity index (χ0n) is 9.59. The zero-order chi connectivity index (χ0) is 10.7. The van der Waals surface area contributed by atoms with Crippen molar-refractivity contribution < 1.29 is 0 Å². The van der Waals surface area contributed by atoms with Crippen LogP contribution in [0, 0.1) is 6.92 Å². The minimum atomic E-state index is 0.532. The Bertz CT molecular complexity index is 316. The van der Waals surface area contributed by atoms with E-state index >= 15 is 0 Å². The number of nitrogen functional groups attached to an aromatic ring is 1. The maximum Gasteiger partial charge on any atom is 0.123 e. The summed E-state index contributed by atoms with van der Waals surface area (Å²) in [7, 11) is 0. The summed E-state index contributed by atoms with van der Waals surface area (Å²) in [5.41, 5.74) is 9.58. The van der Waals surface area contributed by atoms with Crippen molar-refractivity contribution in [3.63, 3.8) is 0 Å². The number of rotatable bonds is 3. The van der Waals surface area contributed by atoms with Gasteiger partial charge in [0, 0.05) is 5.69 Å². The third kappa shape index (κ3) is 2.25. The maximum absolute atomic E-state index is 5.75. The SMILES string of the molecule is CCCc1cc(N)nc(C)c1C(C)C. The van der Waals surface area contributed by atoms with E-state index in [-0.39, 0.29) is 0 Å². The van der Waals surface area contributed by atoms with Crippen LogP contribution in [0.3, 0.4) is 0 Å². The highest BCUT2D eigenvalue weighted by atomic mass is 14.8. The third-order valence-electron chi connectivity index (χ3n) is 2.45. The standard InChI is InChI=1S/C12H20N2/c1-5-6-10-7-11(13)14-9(4)12(10)8(2)3/h7-8H,5-6H2,1-4H3,(H2,13,14). The zero-order valence-corrected chi connectivity index (χ0v) is 9.59. The van der Waals surface area contributed by atoms with Gasteiger partial charge in [-0.05, 0) is 36.5 Å². The summed E-state index contributed by atoms with van der Waals surface area (Å²) in [6.45, 7) is 8.65. The highest BCUT2D eigenvalue weighted by molar-refractivity contribution is 5.42. The first-order valence-electron chi connectivity index (χ1n) is 5.32. The molecule has 2 N–H and O–H groups in total. The smallest absolute Gasteiger partial charge is 0.123 e. The predicted octanol–water partition coefficient (Wildman–Crippen LogP) is 3.05. The molecule has 0 radical (unpaired) electrons. The quantitative estimate of drug-likeness (QED) is 0.799. The number of pyridine rings is 1. The van der Waals surface area contributed by atoms with E-state index in [1.165, 1.54) is 11.1 Å². The van der Waals surface area contributed by atoms with E-state index in [2.05, 4.69) is 25.8 Å². The molecule has 14 heavy (non-hydrogen) atoms. The van der Waals surface area contributed by atoms with Crippen molar-refractivity contribution in [2.24, 2.45) is 0 Å². The Labute approximate surface area is 86.5 Å². The van der Waals surface area contributed by atoms with E-state index in [1.807, 2.05) is 13.0 Å². The second-order valence-corrected chi connectivity index (χ2v) is 4.11. The molecule has 0 saturated heterocycles. The van der Waals surface area contributed by atoms with Gasteiger partial charge in [0.05, 0.1) is 0 Å². The summed E-state index contributed by atoms with van der Waals surface area (Å²) in [6, 6.07) is 2.02. The van der Waals surface area contributed by atoms with Crippen molar-refractivity contribution in [3.8, 4) is 0 Å². The van der Waals surface area contributed by atoms with Gasteiger partial charge < -0.3 is 5.73 Å². The van der Waals surface area contributed by atoms with Crippen LogP contribution in [0.25, 0.3) is 0 Å². The molecule has 0 aliphatic carbocycles. The molecule has 2 heteroatoms. The highest BCUT2D eigenvalue weighted by Gasteiger charge is 2.11. The molecule has 0 saturated carbocycles. The first kappa shape index (κ1) is 11.0. The summed E-state index contributed by atoms with van der Waals surface area (Å²) in [5.74, 6) is 1.18. The second kappa shape index (κ2) is 4.45. The Morgan fingerprint density at radius 3 is 2.57 bits per heavy atom. The van der Waals surface area contributed by atoms with E-state index in [0.717, 1.165) is 18.5 Å². The lowest BCUT2D eigenvalue weighted by Gasteiger charge is -2.15. The van der Waals surface area contributed by atoms with Crippen LogP contribution >= 0.6 is 0 Å². The van der Waals surface area contributed by atoms with Crippen LogP contribution in [0.2, 0.25) is 0 Å². The number of anilines is 1. The van der Waals surface area contributed by atoms with Gasteiger partial charge in [0.25, 0.3) is 0 Å². The van der Waals surface area contributed by atoms with Gasteiger partial charge in [0.2, 0.25) is 0 Å². The molecule has 0 aliphatic heterocycles. The number of hydrogen-bond acceptors (Lipinski definition) is 2. The molecule has 0 unspecified atom stereocenters. The molecule has 1 aromatic rings. The monoisotopic (exact) mass is 192 g/mol. The molecule has 78 valence electrons. The maximum atomic E-state index is 5.75. The van der Waals surface area contributed by atoms with Crippen LogP contribution in [0.1, 0.15) is 49.9 Å². The number of aromatic nitrogens is 1. The summed E-state index contributed by atoms with van der Waals surface area (Å²) >= 11 is 0. The van der Waals surface area contributed by atoms with Crippen molar-refractivity contribution in [2.75, 3.05) is 5.73 Å². The Balaban J connectivity index is 3.21.